The van der Waals surface area contributed by atoms with Gasteiger partial charge in [0.1, 0.15) is 11.6 Å². The predicted molar refractivity (Wildman–Crippen MR) is 94.6 cm³/mol. The topological polar surface area (TPSA) is 84.4 Å². The number of nitrogens with two attached hydrogens (primary N) is 1. The van der Waals surface area contributed by atoms with Gasteiger partial charge in [0, 0.05) is 19.6 Å². The molecule has 3 rings (SSSR count). The molecule has 6 heteroatoms. The van der Waals surface area contributed by atoms with Crippen LogP contribution in [-0.4, -0.2) is 30.5 Å². The van der Waals surface area contributed by atoms with E-state index in [2.05, 4.69) is 15.2 Å². The van der Waals surface area contributed by atoms with Gasteiger partial charge in [-0.15, -0.1) is 0 Å². The van der Waals surface area contributed by atoms with Gasteiger partial charge in [-0.1, -0.05) is 6.08 Å². The van der Waals surface area contributed by atoms with Crippen molar-refractivity contribution in [3.8, 4) is 0 Å². The van der Waals surface area contributed by atoms with Gasteiger partial charge in [-0.25, -0.2) is 4.98 Å². The Hall–Kier alpha value is -2.76. The number of carbonyl (C=O) groups is 1. The van der Waals surface area contributed by atoms with E-state index in [-0.39, 0.29) is 11.8 Å². The highest BCUT2D eigenvalue weighted by molar-refractivity contribution is 5.77. The number of hydrogen-bond donors (Lipinski definition) is 2. The van der Waals surface area contributed by atoms with E-state index in [9.17, 15) is 4.79 Å². The summed E-state index contributed by atoms with van der Waals surface area (Å²) in [7, 11) is 0. The molecule has 6 nitrogen and oxygen atoms in total. The summed E-state index contributed by atoms with van der Waals surface area (Å²) in [6.07, 6.45) is 9.21. The van der Waals surface area contributed by atoms with Crippen LogP contribution in [0.3, 0.4) is 0 Å². The first-order chi connectivity index (χ1) is 11.7. The number of nitrogens with zero attached hydrogens (tertiary/aromatic N) is 2. The zero-order valence-electron chi connectivity index (χ0n) is 13.5. The molecule has 1 fully saturated rings. The number of anilines is 2. The number of carbonyl (C=O) groups excluding carboxylic acids is 1. The SMILES string of the molecule is NC(=O)C1CCCN(c2ccc(NC/C=C/c3ccco3)cn2)C1. The summed E-state index contributed by atoms with van der Waals surface area (Å²) in [5.41, 5.74) is 6.38. The maximum absolute atomic E-state index is 11.4. The average Bonchev–Trinajstić information content (AvgIpc) is 3.13. The molecular weight excluding hydrogens is 304 g/mol. The van der Waals surface area contributed by atoms with Crippen molar-refractivity contribution in [3.63, 3.8) is 0 Å². The highest BCUT2D eigenvalue weighted by atomic mass is 16.3. The molecule has 0 aliphatic carbocycles. The summed E-state index contributed by atoms with van der Waals surface area (Å²) in [4.78, 5) is 18.0. The van der Waals surface area contributed by atoms with E-state index in [1.807, 2.05) is 42.6 Å². The van der Waals surface area contributed by atoms with Crippen molar-refractivity contribution in [1.29, 1.82) is 0 Å². The van der Waals surface area contributed by atoms with Crippen LogP contribution in [-0.2, 0) is 4.79 Å². The Morgan fingerprint density at radius 2 is 2.38 bits per heavy atom. The van der Waals surface area contributed by atoms with Crippen LogP contribution in [0.25, 0.3) is 6.08 Å². The van der Waals surface area contributed by atoms with Crippen LogP contribution in [0.4, 0.5) is 11.5 Å². The van der Waals surface area contributed by atoms with E-state index in [0.717, 1.165) is 36.7 Å². The van der Waals surface area contributed by atoms with Gasteiger partial charge in [0.25, 0.3) is 0 Å². The van der Waals surface area contributed by atoms with Crippen molar-refractivity contribution in [2.45, 2.75) is 12.8 Å². The molecule has 1 unspecified atom stereocenters. The molecule has 1 amide bonds. The number of nitrogens with one attached hydrogen (secondary N) is 1. The summed E-state index contributed by atoms with van der Waals surface area (Å²) in [5.74, 6) is 1.42. The van der Waals surface area contributed by atoms with Crippen LogP contribution in [0.1, 0.15) is 18.6 Å². The lowest BCUT2D eigenvalue weighted by atomic mass is 9.97. The third-order valence-electron chi connectivity index (χ3n) is 4.14. The molecule has 1 aliphatic rings. The van der Waals surface area contributed by atoms with E-state index in [1.54, 1.807) is 6.26 Å². The Labute approximate surface area is 141 Å². The van der Waals surface area contributed by atoms with E-state index >= 15 is 0 Å². The zero-order chi connectivity index (χ0) is 16.8. The molecule has 2 aromatic heterocycles. The number of primary amides is 1. The molecule has 0 saturated carbocycles. The Morgan fingerprint density at radius 3 is 3.08 bits per heavy atom. The minimum atomic E-state index is -0.221. The fraction of sp³-hybridized carbons (Fsp3) is 0.333. The molecule has 0 spiro atoms. The Kier molecular flexibility index (Phi) is 5.15. The monoisotopic (exact) mass is 326 g/mol. The number of pyridine rings is 1. The summed E-state index contributed by atoms with van der Waals surface area (Å²) >= 11 is 0. The highest BCUT2D eigenvalue weighted by Gasteiger charge is 2.24. The second kappa shape index (κ2) is 7.68. The average molecular weight is 326 g/mol. The molecule has 24 heavy (non-hydrogen) atoms. The van der Waals surface area contributed by atoms with Gasteiger partial charge in [-0.05, 0) is 43.2 Å². The first-order valence-corrected chi connectivity index (χ1v) is 8.16. The fourth-order valence-corrected chi connectivity index (χ4v) is 2.83. The van der Waals surface area contributed by atoms with E-state index < -0.39 is 0 Å². The lowest BCUT2D eigenvalue weighted by Gasteiger charge is -2.32. The van der Waals surface area contributed by atoms with E-state index in [0.29, 0.717) is 13.1 Å². The normalized spacial score (nSPS) is 18.0. The number of rotatable bonds is 6. The first kappa shape index (κ1) is 16.1. The number of piperidine rings is 1. The third-order valence-corrected chi connectivity index (χ3v) is 4.14. The molecule has 0 radical (unpaired) electrons. The number of furan rings is 1. The summed E-state index contributed by atoms with van der Waals surface area (Å²) in [5, 5.41) is 3.28. The van der Waals surface area contributed by atoms with Crippen molar-refractivity contribution in [3.05, 3.63) is 48.6 Å². The van der Waals surface area contributed by atoms with Crippen molar-refractivity contribution >= 4 is 23.5 Å². The maximum Gasteiger partial charge on any atom is 0.222 e. The smallest absolute Gasteiger partial charge is 0.222 e. The van der Waals surface area contributed by atoms with Crippen LogP contribution in [0.15, 0.2) is 47.2 Å². The number of aromatic nitrogens is 1. The molecule has 2 aromatic rings. The summed E-state index contributed by atoms with van der Waals surface area (Å²) in [6, 6.07) is 7.74. The Bertz CT molecular complexity index is 680. The molecule has 126 valence electrons. The summed E-state index contributed by atoms with van der Waals surface area (Å²) in [6.45, 7) is 2.26. The van der Waals surface area contributed by atoms with Crippen molar-refractivity contribution in [1.82, 2.24) is 4.98 Å². The Balaban J connectivity index is 1.52. The quantitative estimate of drug-likeness (QED) is 0.852. The molecule has 1 atom stereocenters. The van der Waals surface area contributed by atoms with Gasteiger partial charge < -0.3 is 20.4 Å². The molecule has 1 saturated heterocycles. The minimum absolute atomic E-state index is 0.0786. The van der Waals surface area contributed by atoms with Crippen LogP contribution >= 0.6 is 0 Å². The number of amides is 1. The zero-order valence-corrected chi connectivity index (χ0v) is 13.5. The van der Waals surface area contributed by atoms with Crippen LogP contribution in [0.2, 0.25) is 0 Å². The van der Waals surface area contributed by atoms with Crippen LogP contribution < -0.4 is 16.0 Å². The predicted octanol–water partition coefficient (Wildman–Crippen LogP) is 2.50. The highest BCUT2D eigenvalue weighted by Crippen LogP contribution is 2.22. The van der Waals surface area contributed by atoms with E-state index in [4.69, 9.17) is 10.2 Å². The standard InChI is InChI=1S/C18H22N4O2/c19-18(23)14-4-2-10-22(13-14)17-8-7-15(12-21-17)20-9-1-5-16-6-3-11-24-16/h1,3,5-8,11-12,14,20H,2,4,9-10,13H2,(H2,19,23)/b5-1+. The van der Waals surface area contributed by atoms with E-state index in [1.165, 1.54) is 0 Å². The van der Waals surface area contributed by atoms with Crippen molar-refractivity contribution in [2.24, 2.45) is 11.7 Å². The van der Waals surface area contributed by atoms with Gasteiger partial charge in [0.05, 0.1) is 24.1 Å². The third kappa shape index (κ3) is 4.16. The van der Waals surface area contributed by atoms with Gasteiger partial charge in [-0.2, -0.15) is 0 Å². The lowest BCUT2D eigenvalue weighted by molar-refractivity contribution is -0.122. The Morgan fingerprint density at radius 1 is 1.46 bits per heavy atom. The largest absolute Gasteiger partial charge is 0.465 e. The molecule has 0 bridgehead atoms. The second-order valence-electron chi connectivity index (χ2n) is 5.89. The summed E-state index contributed by atoms with van der Waals surface area (Å²) < 4.78 is 5.23. The maximum atomic E-state index is 11.4. The van der Waals surface area contributed by atoms with Crippen molar-refractivity contribution < 1.29 is 9.21 Å². The number of hydrogen-bond acceptors (Lipinski definition) is 5. The molecule has 1 aliphatic heterocycles. The van der Waals surface area contributed by atoms with Gasteiger partial charge in [0.15, 0.2) is 0 Å². The first-order valence-electron chi connectivity index (χ1n) is 8.16. The molecule has 3 N–H and O–H groups in total. The molecular formula is C18H22N4O2. The lowest BCUT2D eigenvalue weighted by Crippen LogP contribution is -2.41. The minimum Gasteiger partial charge on any atom is -0.465 e. The second-order valence-corrected chi connectivity index (χ2v) is 5.89. The molecule has 0 aromatic carbocycles. The van der Waals surface area contributed by atoms with Crippen LogP contribution in [0.5, 0.6) is 0 Å². The fourth-order valence-electron chi connectivity index (χ4n) is 2.83. The van der Waals surface area contributed by atoms with Gasteiger partial charge in [-0.3, -0.25) is 4.79 Å². The molecule has 3 heterocycles. The van der Waals surface area contributed by atoms with Crippen LogP contribution in [0, 0.1) is 5.92 Å². The van der Waals surface area contributed by atoms with Gasteiger partial charge >= 0.3 is 0 Å². The van der Waals surface area contributed by atoms with Crippen molar-refractivity contribution in [2.75, 3.05) is 29.9 Å². The van der Waals surface area contributed by atoms with Gasteiger partial charge in [0.2, 0.25) is 5.91 Å².